The van der Waals surface area contributed by atoms with Gasteiger partial charge in [0.25, 0.3) is 11.8 Å². The van der Waals surface area contributed by atoms with Gasteiger partial charge in [-0.2, -0.15) is 0 Å². The maximum absolute atomic E-state index is 12.8. The van der Waals surface area contributed by atoms with E-state index >= 15 is 0 Å². The van der Waals surface area contributed by atoms with Gasteiger partial charge in [0.2, 0.25) is 0 Å². The van der Waals surface area contributed by atoms with Crippen LogP contribution in [0.15, 0.2) is 83.7 Å². The van der Waals surface area contributed by atoms with E-state index in [0.29, 0.717) is 55.2 Å². The van der Waals surface area contributed by atoms with Crippen molar-refractivity contribution in [3.05, 3.63) is 106 Å². The molecule has 1 aromatic heterocycles. The first-order valence-electron chi connectivity index (χ1n) is 11.9. The van der Waals surface area contributed by atoms with E-state index in [0.717, 1.165) is 11.1 Å². The second-order valence-electron chi connectivity index (χ2n) is 8.70. The third kappa shape index (κ3) is 4.57. The van der Waals surface area contributed by atoms with Crippen LogP contribution in [0.4, 0.5) is 0 Å². The van der Waals surface area contributed by atoms with Gasteiger partial charge < -0.3 is 4.74 Å². The third-order valence-corrected chi connectivity index (χ3v) is 6.24. The molecule has 1 aliphatic rings. The minimum absolute atomic E-state index is 0.221. The van der Waals surface area contributed by atoms with Crippen molar-refractivity contribution < 1.29 is 14.3 Å². The van der Waals surface area contributed by atoms with Crippen molar-refractivity contribution in [2.24, 2.45) is 7.05 Å². The molecule has 4 aromatic rings. The highest BCUT2D eigenvalue weighted by Gasteiger charge is 2.34. The van der Waals surface area contributed by atoms with Gasteiger partial charge in [0, 0.05) is 25.7 Å². The highest BCUT2D eigenvalue weighted by atomic mass is 16.5. The van der Waals surface area contributed by atoms with Crippen molar-refractivity contribution in [1.82, 2.24) is 19.2 Å². The first-order chi connectivity index (χ1) is 17.5. The monoisotopic (exact) mass is 482 g/mol. The zero-order valence-corrected chi connectivity index (χ0v) is 20.0. The number of amides is 2. The lowest BCUT2D eigenvalue weighted by molar-refractivity contribution is 0.0651. The highest BCUT2D eigenvalue weighted by molar-refractivity contribution is 6.21. The molecule has 0 radical (unpaired) electrons. The summed E-state index contributed by atoms with van der Waals surface area (Å²) < 4.78 is 8.88. The molecule has 3 aromatic carbocycles. The molecule has 0 spiro atoms. The average Bonchev–Trinajstić information content (AvgIpc) is 3.33. The minimum atomic E-state index is -0.262. The Balaban J connectivity index is 1.25. The summed E-state index contributed by atoms with van der Waals surface area (Å²) in [5, 5.41) is 4.44. The number of rotatable bonds is 9. The van der Waals surface area contributed by atoms with Gasteiger partial charge in [-0.3, -0.25) is 19.1 Å². The molecule has 0 fully saturated rings. The zero-order chi connectivity index (χ0) is 25.1. The molecule has 2 heterocycles. The fourth-order valence-electron chi connectivity index (χ4n) is 4.37. The second kappa shape index (κ2) is 10.0. The van der Waals surface area contributed by atoms with Crippen LogP contribution in [0.1, 0.15) is 39.1 Å². The van der Waals surface area contributed by atoms with E-state index in [2.05, 4.69) is 5.10 Å². The van der Waals surface area contributed by atoms with E-state index < -0.39 is 0 Å². The molecule has 0 unspecified atom stereocenters. The summed E-state index contributed by atoms with van der Waals surface area (Å²) in [6.07, 6.45) is 1.18. The average molecular weight is 483 g/mol. The smallest absolute Gasteiger partial charge is 0.345 e. The number of hydrogen-bond donors (Lipinski definition) is 0. The van der Waals surface area contributed by atoms with Crippen molar-refractivity contribution >= 4 is 11.8 Å². The van der Waals surface area contributed by atoms with Gasteiger partial charge >= 0.3 is 5.69 Å². The lowest BCUT2D eigenvalue weighted by Gasteiger charge is -2.14. The summed E-state index contributed by atoms with van der Waals surface area (Å²) in [6, 6.07) is 24.3. The Hall–Kier alpha value is -4.46. The fourth-order valence-corrected chi connectivity index (χ4v) is 4.37. The fraction of sp³-hybridized carbons (Fsp3) is 0.214. The normalized spacial score (nSPS) is 12.8. The van der Waals surface area contributed by atoms with Crippen molar-refractivity contribution in [3.8, 4) is 17.1 Å². The Labute approximate surface area is 208 Å². The molecule has 182 valence electrons. The largest absolute Gasteiger partial charge is 0.489 e. The molecule has 1 aliphatic heterocycles. The predicted molar refractivity (Wildman–Crippen MR) is 135 cm³/mol. The number of benzene rings is 3. The Morgan fingerprint density at radius 2 is 1.44 bits per heavy atom. The first kappa shape index (κ1) is 23.3. The molecule has 0 saturated carbocycles. The van der Waals surface area contributed by atoms with Crippen LogP contribution in [0, 0.1) is 0 Å². The van der Waals surface area contributed by atoms with Crippen molar-refractivity contribution in [3.63, 3.8) is 0 Å². The van der Waals surface area contributed by atoms with Crippen LogP contribution < -0.4 is 10.4 Å². The van der Waals surface area contributed by atoms with Gasteiger partial charge in [0.15, 0.2) is 5.82 Å². The number of carbonyl (C=O) groups is 2. The number of carbonyl (C=O) groups excluding carboxylic acids is 2. The van der Waals surface area contributed by atoms with Gasteiger partial charge in [-0.15, -0.1) is 5.10 Å². The van der Waals surface area contributed by atoms with Crippen LogP contribution in [0.25, 0.3) is 11.4 Å². The molecule has 0 bridgehead atoms. The summed E-state index contributed by atoms with van der Waals surface area (Å²) in [4.78, 5) is 39.2. The molecular weight excluding hydrogens is 456 g/mol. The van der Waals surface area contributed by atoms with E-state index in [9.17, 15) is 14.4 Å². The SMILES string of the molecule is Cn1nc(-c2cccc(OCc3ccccc3)c2)n(CCCCN2C(=O)c3ccccc3C2=O)c1=O. The van der Waals surface area contributed by atoms with Crippen LogP contribution in [-0.2, 0) is 20.2 Å². The zero-order valence-electron chi connectivity index (χ0n) is 20.0. The maximum Gasteiger partial charge on any atom is 0.345 e. The number of nitrogens with zero attached hydrogens (tertiary/aromatic N) is 4. The van der Waals surface area contributed by atoms with E-state index in [1.165, 1.54) is 9.58 Å². The number of aryl methyl sites for hydroxylation is 1. The van der Waals surface area contributed by atoms with Crippen molar-refractivity contribution in [2.75, 3.05) is 6.54 Å². The summed E-state index contributed by atoms with van der Waals surface area (Å²) in [6.45, 7) is 1.16. The third-order valence-electron chi connectivity index (χ3n) is 6.24. The molecule has 0 aliphatic carbocycles. The van der Waals surface area contributed by atoms with Crippen LogP contribution in [0.5, 0.6) is 5.75 Å². The lowest BCUT2D eigenvalue weighted by atomic mass is 10.1. The highest BCUT2D eigenvalue weighted by Crippen LogP contribution is 2.24. The lowest BCUT2D eigenvalue weighted by Crippen LogP contribution is -2.31. The number of hydrogen-bond acceptors (Lipinski definition) is 5. The summed E-state index contributed by atoms with van der Waals surface area (Å²) >= 11 is 0. The van der Waals surface area contributed by atoms with Gasteiger partial charge in [0.1, 0.15) is 12.4 Å². The molecule has 2 amide bonds. The van der Waals surface area contributed by atoms with Gasteiger partial charge in [0.05, 0.1) is 11.1 Å². The Morgan fingerprint density at radius 3 is 2.17 bits per heavy atom. The number of unbranched alkanes of at least 4 members (excludes halogenated alkanes) is 1. The van der Waals surface area contributed by atoms with Gasteiger partial charge in [-0.05, 0) is 42.7 Å². The molecule has 0 saturated heterocycles. The second-order valence-corrected chi connectivity index (χ2v) is 8.70. The Kier molecular flexibility index (Phi) is 6.49. The van der Waals surface area contributed by atoms with Crippen LogP contribution in [-0.4, -0.2) is 37.6 Å². The van der Waals surface area contributed by atoms with Gasteiger partial charge in [-0.25, -0.2) is 9.48 Å². The topological polar surface area (TPSA) is 86.4 Å². The molecule has 8 heteroatoms. The van der Waals surface area contributed by atoms with Gasteiger partial charge in [-0.1, -0.05) is 54.6 Å². The standard InChI is InChI=1S/C28H26N4O4/c1-30-28(35)31(16-7-8-17-32-26(33)23-14-5-6-15-24(23)27(32)34)25(29-30)21-12-9-13-22(18-21)36-19-20-10-3-2-4-11-20/h2-6,9-15,18H,7-8,16-17,19H2,1H3. The molecule has 0 atom stereocenters. The van der Waals surface area contributed by atoms with Crippen molar-refractivity contribution in [1.29, 1.82) is 0 Å². The first-order valence-corrected chi connectivity index (χ1v) is 11.9. The number of ether oxygens (including phenoxy) is 1. The number of fused-ring (bicyclic) bond motifs is 1. The van der Waals surface area contributed by atoms with Crippen LogP contribution in [0.3, 0.4) is 0 Å². The molecule has 8 nitrogen and oxygen atoms in total. The maximum atomic E-state index is 12.8. The minimum Gasteiger partial charge on any atom is -0.489 e. The van der Waals surface area contributed by atoms with Crippen molar-refractivity contribution in [2.45, 2.75) is 26.0 Å². The predicted octanol–water partition coefficient (Wildman–Crippen LogP) is 3.90. The Bertz CT molecular complexity index is 1440. The summed E-state index contributed by atoms with van der Waals surface area (Å²) in [5.74, 6) is 0.712. The molecule has 5 rings (SSSR count). The molecular formula is C28H26N4O4. The van der Waals surface area contributed by atoms with E-state index in [-0.39, 0.29) is 17.5 Å². The number of aromatic nitrogens is 3. The Morgan fingerprint density at radius 1 is 0.778 bits per heavy atom. The molecule has 36 heavy (non-hydrogen) atoms. The van der Waals surface area contributed by atoms with Crippen LogP contribution in [0.2, 0.25) is 0 Å². The summed E-state index contributed by atoms with van der Waals surface area (Å²) in [5.41, 5.74) is 2.51. The number of imide groups is 1. The van der Waals surface area contributed by atoms with E-state index in [1.807, 2.05) is 54.6 Å². The quantitative estimate of drug-likeness (QED) is 0.267. The van der Waals surface area contributed by atoms with E-state index in [1.54, 1.807) is 35.9 Å². The van der Waals surface area contributed by atoms with E-state index in [4.69, 9.17) is 4.74 Å². The van der Waals surface area contributed by atoms with Crippen LogP contribution >= 0.6 is 0 Å². The summed E-state index contributed by atoms with van der Waals surface area (Å²) in [7, 11) is 1.62. The molecule has 0 N–H and O–H groups in total.